The van der Waals surface area contributed by atoms with Crippen molar-refractivity contribution in [2.45, 2.75) is 78.0 Å². The summed E-state index contributed by atoms with van der Waals surface area (Å²) in [6.07, 6.45) is -1.64. The molecule has 41 heavy (non-hydrogen) atoms. The molecule has 2 atom stereocenters. The third-order valence-corrected chi connectivity index (χ3v) is 5.14. The molecule has 0 aliphatic heterocycles. The van der Waals surface area contributed by atoms with Crippen molar-refractivity contribution in [1.29, 1.82) is 0 Å². The van der Waals surface area contributed by atoms with Crippen LogP contribution in [0.25, 0.3) is 0 Å². The number of β-amino-alcohol motifs (C(OH)–C–C–N with tert-alkyl or cyclic N) is 2. The quantitative estimate of drug-likeness (QED) is 0.149. The molecule has 0 saturated carbocycles. The van der Waals surface area contributed by atoms with Crippen LogP contribution in [0.4, 0.5) is 0 Å². The summed E-state index contributed by atoms with van der Waals surface area (Å²) in [7, 11) is -4.67. The number of phenols is 4. The molecule has 12 N–H and O–H groups in total. The smallest absolute Gasteiger partial charge is 0.394 e. The van der Waals surface area contributed by atoms with E-state index in [2.05, 4.69) is 10.6 Å². The third-order valence-electron chi connectivity index (χ3n) is 5.14. The molecule has 0 aromatic heterocycles. The molecule has 0 bridgehead atoms. The van der Waals surface area contributed by atoms with Gasteiger partial charge in [0.1, 0.15) is 0 Å². The molecule has 0 saturated heterocycles. The Morgan fingerprint density at radius 1 is 0.659 bits per heavy atom. The number of rotatable bonds is 8. The molecule has 0 amide bonds. The maximum atomic E-state index is 9.98. The number of aliphatic hydroxyl groups excluding tert-OH is 4. The van der Waals surface area contributed by atoms with E-state index in [1.165, 1.54) is 24.3 Å². The Morgan fingerprint density at radius 3 is 1.15 bits per heavy atom. The summed E-state index contributed by atoms with van der Waals surface area (Å²) < 4.78 is 31.6. The molecule has 0 spiro atoms. The molecule has 0 aliphatic carbocycles. The number of aliphatic hydroxyl groups is 4. The van der Waals surface area contributed by atoms with Crippen molar-refractivity contribution in [3.63, 3.8) is 0 Å². The maximum absolute atomic E-state index is 9.98. The second-order valence-electron chi connectivity index (χ2n) is 11.2. The molecule has 0 aliphatic rings. The highest BCUT2D eigenvalue weighted by molar-refractivity contribution is 7.79. The van der Waals surface area contributed by atoms with Gasteiger partial charge in [0.05, 0.1) is 25.4 Å². The standard InChI is InChI=1S/2C13H21NO4.H2O4S/c2*1-13(2,3)14-6-11(17)8-4-9(7-15)12(18)10(16)5-8;1-5(2,3)4/h2*4-5,11,14-18H,6-7H2,1-3H3;(H2,1,2,3,4). The van der Waals surface area contributed by atoms with Crippen molar-refractivity contribution >= 4 is 10.4 Å². The largest absolute Gasteiger partial charge is 0.504 e. The van der Waals surface area contributed by atoms with Gasteiger partial charge in [0.25, 0.3) is 0 Å². The lowest BCUT2D eigenvalue weighted by molar-refractivity contribution is 0.162. The Kier molecular flexibility index (Phi) is 15.0. The van der Waals surface area contributed by atoms with Gasteiger partial charge < -0.3 is 51.5 Å². The van der Waals surface area contributed by atoms with Crippen LogP contribution in [0.3, 0.4) is 0 Å². The van der Waals surface area contributed by atoms with Gasteiger partial charge in [-0.05, 0) is 76.9 Å². The molecule has 2 rings (SSSR count). The number of benzene rings is 2. The van der Waals surface area contributed by atoms with Crippen LogP contribution >= 0.6 is 0 Å². The van der Waals surface area contributed by atoms with E-state index in [1.807, 2.05) is 41.5 Å². The van der Waals surface area contributed by atoms with Crippen molar-refractivity contribution in [1.82, 2.24) is 10.6 Å². The summed E-state index contributed by atoms with van der Waals surface area (Å²) in [4.78, 5) is 0. The highest BCUT2D eigenvalue weighted by Gasteiger charge is 2.18. The van der Waals surface area contributed by atoms with Crippen LogP contribution < -0.4 is 10.6 Å². The van der Waals surface area contributed by atoms with E-state index in [1.54, 1.807) is 0 Å². The zero-order valence-electron chi connectivity index (χ0n) is 24.0. The molecule has 14 nitrogen and oxygen atoms in total. The van der Waals surface area contributed by atoms with E-state index >= 15 is 0 Å². The summed E-state index contributed by atoms with van der Waals surface area (Å²) in [5.41, 5.74) is 1.04. The minimum Gasteiger partial charge on any atom is -0.504 e. The van der Waals surface area contributed by atoms with Gasteiger partial charge in [-0.15, -0.1) is 0 Å². The highest BCUT2D eigenvalue weighted by Crippen LogP contribution is 2.33. The summed E-state index contributed by atoms with van der Waals surface area (Å²) in [6.45, 7) is 11.7. The van der Waals surface area contributed by atoms with Gasteiger partial charge in [-0.2, -0.15) is 8.42 Å². The number of hydrogen-bond donors (Lipinski definition) is 12. The monoisotopic (exact) mass is 608 g/mol. The highest BCUT2D eigenvalue weighted by atomic mass is 32.3. The first kappa shape index (κ1) is 38.3. The van der Waals surface area contributed by atoms with E-state index in [4.69, 9.17) is 27.7 Å². The first-order valence-corrected chi connectivity index (χ1v) is 13.8. The number of phenolic OH excluding ortho intramolecular Hbond substituents is 2. The zero-order valence-corrected chi connectivity index (χ0v) is 24.8. The number of hydrogen-bond acceptors (Lipinski definition) is 12. The lowest BCUT2D eigenvalue weighted by Crippen LogP contribution is -2.38. The Balaban J connectivity index is 0.000000671. The Hall–Kier alpha value is -2.73. The Bertz CT molecular complexity index is 1120. The molecule has 2 unspecified atom stereocenters. The van der Waals surface area contributed by atoms with Crippen molar-refractivity contribution in [2.24, 2.45) is 0 Å². The summed E-state index contributed by atoms with van der Waals surface area (Å²) >= 11 is 0. The second-order valence-corrected chi connectivity index (χ2v) is 12.0. The van der Waals surface area contributed by atoms with Gasteiger partial charge in [0.15, 0.2) is 23.0 Å². The van der Waals surface area contributed by atoms with E-state index < -0.39 is 35.8 Å². The topological polar surface area (TPSA) is 260 Å². The van der Waals surface area contributed by atoms with Crippen LogP contribution in [0.5, 0.6) is 23.0 Å². The molecule has 0 heterocycles. The predicted octanol–water partition coefficient (Wildman–Crippen LogP) is 1.37. The lowest BCUT2D eigenvalue weighted by Gasteiger charge is -2.23. The molecule has 236 valence electrons. The summed E-state index contributed by atoms with van der Waals surface area (Å²) in [5.74, 6) is -1.38. The summed E-state index contributed by atoms with van der Waals surface area (Å²) in [5, 5.41) is 82.2. The third kappa shape index (κ3) is 16.3. The molecular formula is C26H44N2O12S. The average molecular weight is 609 g/mol. The normalized spacial score (nSPS) is 13.4. The van der Waals surface area contributed by atoms with Crippen molar-refractivity contribution < 1.29 is 58.4 Å². The van der Waals surface area contributed by atoms with Crippen LogP contribution in [0.2, 0.25) is 0 Å². The van der Waals surface area contributed by atoms with Crippen LogP contribution in [0, 0.1) is 0 Å². The van der Waals surface area contributed by atoms with Crippen LogP contribution in [0.1, 0.15) is 76.0 Å². The fourth-order valence-corrected chi connectivity index (χ4v) is 3.07. The van der Waals surface area contributed by atoms with Crippen molar-refractivity contribution in [3.8, 4) is 23.0 Å². The predicted molar refractivity (Wildman–Crippen MR) is 151 cm³/mol. The van der Waals surface area contributed by atoms with Crippen LogP contribution in [-0.2, 0) is 23.6 Å². The van der Waals surface area contributed by atoms with Gasteiger partial charge >= 0.3 is 10.4 Å². The minimum absolute atomic E-state index is 0.125. The van der Waals surface area contributed by atoms with Crippen LogP contribution in [0.15, 0.2) is 24.3 Å². The maximum Gasteiger partial charge on any atom is 0.394 e. The van der Waals surface area contributed by atoms with Gasteiger partial charge in [-0.25, -0.2) is 0 Å². The first-order valence-electron chi connectivity index (χ1n) is 12.4. The van der Waals surface area contributed by atoms with Crippen molar-refractivity contribution in [2.75, 3.05) is 13.1 Å². The first-order chi connectivity index (χ1) is 18.5. The summed E-state index contributed by atoms with van der Waals surface area (Å²) in [6, 6.07) is 5.54. The van der Waals surface area contributed by atoms with Gasteiger partial charge in [0, 0.05) is 35.3 Å². The van der Waals surface area contributed by atoms with Gasteiger partial charge in [-0.1, -0.05) is 0 Å². The van der Waals surface area contributed by atoms with E-state index in [9.17, 15) is 30.6 Å². The number of nitrogens with one attached hydrogen (secondary N) is 2. The zero-order chi connectivity index (χ0) is 32.3. The van der Waals surface area contributed by atoms with Crippen LogP contribution in [-0.4, -0.2) is 82.5 Å². The molecule has 15 heteroatoms. The molecular weight excluding hydrogens is 564 g/mol. The Morgan fingerprint density at radius 2 is 0.927 bits per heavy atom. The van der Waals surface area contributed by atoms with E-state index in [0.29, 0.717) is 24.2 Å². The number of aromatic hydroxyl groups is 4. The Labute approximate surface area is 240 Å². The average Bonchev–Trinajstić information content (AvgIpc) is 2.82. The second kappa shape index (κ2) is 16.1. The lowest BCUT2D eigenvalue weighted by atomic mass is 10.0. The minimum atomic E-state index is -4.67. The molecule has 2 aromatic carbocycles. The molecule has 0 radical (unpaired) electrons. The van der Waals surface area contributed by atoms with E-state index in [-0.39, 0.29) is 45.2 Å². The molecule has 2 aromatic rings. The van der Waals surface area contributed by atoms with E-state index in [0.717, 1.165) is 0 Å². The van der Waals surface area contributed by atoms with Gasteiger partial charge in [0.2, 0.25) is 0 Å². The SMILES string of the molecule is CC(C)(C)NCC(O)c1cc(O)c(O)c(CO)c1.CC(C)(C)NCC(O)c1cc(O)c(O)c(CO)c1.O=S(=O)(O)O. The molecule has 0 fully saturated rings. The van der Waals surface area contributed by atoms with Gasteiger partial charge in [-0.3, -0.25) is 9.11 Å². The van der Waals surface area contributed by atoms with Crippen molar-refractivity contribution in [3.05, 3.63) is 46.5 Å². The fourth-order valence-electron chi connectivity index (χ4n) is 3.07. The fraction of sp³-hybridized carbons (Fsp3) is 0.538.